The number of nitrogens with two attached hydrogens (primary N) is 1. The van der Waals surface area contributed by atoms with Gasteiger partial charge in [-0.2, -0.15) is 0 Å². The molecule has 1 fully saturated rings. The highest BCUT2D eigenvalue weighted by molar-refractivity contribution is 6.53. The minimum atomic E-state index is -0.847. The number of piperidine rings is 1. The quantitative estimate of drug-likeness (QED) is 0.304. The molecule has 0 radical (unpaired) electrons. The van der Waals surface area contributed by atoms with E-state index >= 15 is 0 Å². The zero-order valence-corrected chi connectivity index (χ0v) is 15.9. The normalized spacial score (nSPS) is 22.3. The van der Waals surface area contributed by atoms with Gasteiger partial charge in [-0.15, -0.1) is 0 Å². The first-order valence-electron chi connectivity index (χ1n) is 8.61. The minimum Gasteiger partial charge on any atom is -0.398 e. The first kappa shape index (κ1) is 18.4. The highest BCUT2D eigenvalue weighted by Gasteiger charge is 2.48. The first-order valence-corrected chi connectivity index (χ1v) is 8.61. The molecule has 1 aromatic heterocycles. The second-order valence-corrected chi connectivity index (χ2v) is 7.76. The molecular formula is C14H19B5N4O3. The number of amides is 2. The maximum Gasteiger partial charge on any atom is 0.264 e. The molecule has 2 amide bonds. The number of benzene rings is 1. The predicted octanol–water partition coefficient (Wildman–Crippen LogP) is -6.19. The van der Waals surface area contributed by atoms with Gasteiger partial charge in [-0.05, 0) is 13.0 Å². The third kappa shape index (κ3) is 2.42. The van der Waals surface area contributed by atoms with Crippen LogP contribution in [-0.4, -0.2) is 60.6 Å². The SMILES string of the molecule is Bc1cc(N)c2c(=O)n(C3C(=O)NC(=O)C(B)C3(B)B)c(C)nc2c1B. The molecule has 3 N–H and O–H groups in total. The van der Waals surface area contributed by atoms with Crippen LogP contribution in [0.3, 0.4) is 0 Å². The summed E-state index contributed by atoms with van der Waals surface area (Å²) in [6, 6.07) is 0.902. The Morgan fingerprint density at radius 3 is 2.46 bits per heavy atom. The molecule has 2 heterocycles. The van der Waals surface area contributed by atoms with Crippen LogP contribution in [-0.2, 0) is 9.59 Å². The Kier molecular flexibility index (Phi) is 4.12. The standard InChI is InChI=1S/C14H19B5N4O3/c1-3-21-8-6(5(20)2-4(15)7(8)16)13(26)23(3)10-12(25)22-11(24)9(17)14(10,18)19/h2,9-10H,15-20H2,1H3,(H,22,24,25). The summed E-state index contributed by atoms with van der Waals surface area (Å²) in [5.74, 6) is -0.844. The van der Waals surface area contributed by atoms with Crippen LogP contribution >= 0.6 is 0 Å². The van der Waals surface area contributed by atoms with Crippen LogP contribution in [0.2, 0.25) is 11.0 Å². The van der Waals surface area contributed by atoms with E-state index in [1.165, 1.54) is 4.57 Å². The van der Waals surface area contributed by atoms with Gasteiger partial charge in [0.05, 0.1) is 10.9 Å². The zero-order valence-electron chi connectivity index (χ0n) is 15.9. The molecule has 1 saturated heterocycles. The molecule has 1 aromatic carbocycles. The number of nitrogens with zero attached hydrogens (tertiary/aromatic N) is 2. The van der Waals surface area contributed by atoms with Gasteiger partial charge in [0, 0.05) is 11.5 Å². The van der Waals surface area contributed by atoms with Crippen molar-refractivity contribution < 1.29 is 9.59 Å². The smallest absolute Gasteiger partial charge is 0.264 e. The fraction of sp³-hybridized carbons (Fsp3) is 0.286. The van der Waals surface area contributed by atoms with E-state index < -0.39 is 23.0 Å². The van der Waals surface area contributed by atoms with Crippen molar-refractivity contribution in [1.29, 1.82) is 0 Å². The Balaban J connectivity index is 2.38. The van der Waals surface area contributed by atoms with E-state index in [1.54, 1.807) is 20.8 Å². The Morgan fingerprint density at radius 2 is 1.85 bits per heavy atom. The molecule has 2 unspecified atom stereocenters. The average Bonchev–Trinajstić information content (AvgIpc) is 2.53. The topological polar surface area (TPSA) is 107 Å². The Morgan fingerprint density at radius 1 is 1.23 bits per heavy atom. The monoisotopic (exact) mass is 346 g/mol. The van der Waals surface area contributed by atoms with Gasteiger partial charge in [-0.1, -0.05) is 16.1 Å². The summed E-state index contributed by atoms with van der Waals surface area (Å²) in [6.45, 7) is 1.70. The van der Waals surface area contributed by atoms with Gasteiger partial charge in [-0.3, -0.25) is 24.3 Å². The lowest BCUT2D eigenvalue weighted by molar-refractivity contribution is -0.136. The van der Waals surface area contributed by atoms with Crippen molar-refractivity contribution in [1.82, 2.24) is 14.9 Å². The number of rotatable bonds is 1. The van der Waals surface area contributed by atoms with Crippen molar-refractivity contribution in [3.63, 3.8) is 0 Å². The molecule has 128 valence electrons. The Bertz CT molecular complexity index is 1040. The summed E-state index contributed by atoms with van der Waals surface area (Å²) in [6.07, 6.45) is 0. The summed E-state index contributed by atoms with van der Waals surface area (Å²) >= 11 is 0. The number of hydrogen-bond donors (Lipinski definition) is 2. The van der Waals surface area contributed by atoms with E-state index in [2.05, 4.69) is 10.3 Å². The average molecular weight is 345 g/mol. The van der Waals surface area contributed by atoms with Crippen molar-refractivity contribution >= 4 is 78.6 Å². The molecule has 2 aromatic rings. The second kappa shape index (κ2) is 5.82. The maximum absolute atomic E-state index is 13.3. The minimum absolute atomic E-state index is 0.312. The number of aromatic nitrogens is 2. The number of anilines is 1. The summed E-state index contributed by atoms with van der Waals surface area (Å²) in [4.78, 5) is 42.7. The molecule has 2 atom stereocenters. The van der Waals surface area contributed by atoms with Crippen LogP contribution in [0, 0.1) is 6.92 Å². The molecule has 26 heavy (non-hydrogen) atoms. The van der Waals surface area contributed by atoms with E-state index in [9.17, 15) is 14.4 Å². The highest BCUT2D eigenvalue weighted by Crippen LogP contribution is 2.45. The second-order valence-electron chi connectivity index (χ2n) is 7.76. The predicted molar refractivity (Wildman–Crippen MR) is 116 cm³/mol. The number of nitrogens with one attached hydrogen (secondary N) is 1. The Hall–Kier alpha value is -2.38. The number of fused-ring (bicyclic) bond motifs is 1. The third-order valence-electron chi connectivity index (χ3n) is 5.87. The van der Waals surface area contributed by atoms with Gasteiger partial charge >= 0.3 is 0 Å². The van der Waals surface area contributed by atoms with Crippen LogP contribution in [0.1, 0.15) is 11.9 Å². The molecule has 7 nitrogen and oxygen atoms in total. The first-order chi connectivity index (χ1) is 12.0. The lowest BCUT2D eigenvalue weighted by Gasteiger charge is -2.43. The van der Waals surface area contributed by atoms with Gasteiger partial charge in [0.1, 0.15) is 51.1 Å². The third-order valence-corrected chi connectivity index (χ3v) is 5.87. The van der Waals surface area contributed by atoms with Crippen molar-refractivity contribution in [3.05, 3.63) is 22.2 Å². The molecule has 12 heteroatoms. The van der Waals surface area contributed by atoms with Crippen LogP contribution in [0.25, 0.3) is 10.9 Å². The summed E-state index contributed by atoms with van der Waals surface area (Å²) in [5.41, 5.74) is 8.50. The van der Waals surface area contributed by atoms with Gasteiger partial charge in [0.15, 0.2) is 0 Å². The van der Waals surface area contributed by atoms with E-state index in [4.69, 9.17) is 5.73 Å². The van der Waals surface area contributed by atoms with Crippen molar-refractivity contribution in [2.75, 3.05) is 5.73 Å². The largest absolute Gasteiger partial charge is 0.398 e. The van der Waals surface area contributed by atoms with Gasteiger partial charge in [0.2, 0.25) is 11.8 Å². The van der Waals surface area contributed by atoms with Crippen molar-refractivity contribution in [2.24, 2.45) is 0 Å². The van der Waals surface area contributed by atoms with Crippen LogP contribution in [0.5, 0.6) is 0 Å². The molecule has 0 bridgehead atoms. The summed E-state index contributed by atoms with van der Waals surface area (Å²) in [7, 11) is 9.20. The molecule has 0 saturated carbocycles. The van der Waals surface area contributed by atoms with E-state index in [-0.39, 0.29) is 11.5 Å². The van der Waals surface area contributed by atoms with Crippen molar-refractivity contribution in [3.8, 4) is 0 Å². The summed E-state index contributed by atoms with van der Waals surface area (Å²) in [5, 5.41) is 1.93. The molecule has 3 rings (SSSR count). The number of carbonyl (C=O) groups is 2. The number of nitrogen functional groups attached to an aromatic ring is 1. The number of carbonyl (C=O) groups excluding carboxylic acids is 2. The fourth-order valence-electron chi connectivity index (χ4n) is 3.74. The lowest BCUT2D eigenvalue weighted by atomic mass is 9.39. The molecular weight excluding hydrogens is 326 g/mol. The van der Waals surface area contributed by atoms with Crippen LogP contribution in [0.4, 0.5) is 5.69 Å². The van der Waals surface area contributed by atoms with E-state index in [0.29, 0.717) is 22.4 Å². The van der Waals surface area contributed by atoms with E-state index in [1.807, 2.05) is 31.4 Å². The van der Waals surface area contributed by atoms with Crippen molar-refractivity contribution in [2.45, 2.75) is 24.0 Å². The number of aryl methyl sites for hydroxylation is 1. The lowest BCUT2D eigenvalue weighted by Crippen LogP contribution is -2.55. The van der Waals surface area contributed by atoms with Gasteiger partial charge in [0.25, 0.3) is 5.56 Å². The number of hydrogen-bond acceptors (Lipinski definition) is 5. The van der Waals surface area contributed by atoms with Crippen LogP contribution < -0.4 is 27.5 Å². The fourth-order valence-corrected chi connectivity index (χ4v) is 3.74. The maximum atomic E-state index is 13.3. The molecule has 0 aliphatic carbocycles. The zero-order chi connectivity index (χ0) is 19.5. The summed E-state index contributed by atoms with van der Waals surface area (Å²) < 4.78 is 1.38. The van der Waals surface area contributed by atoms with Gasteiger partial charge in [-0.25, -0.2) is 4.98 Å². The Labute approximate surface area is 155 Å². The molecule has 1 aliphatic rings. The highest BCUT2D eigenvalue weighted by atomic mass is 16.2. The van der Waals surface area contributed by atoms with E-state index in [0.717, 1.165) is 10.9 Å². The number of imide groups is 1. The van der Waals surface area contributed by atoms with Crippen LogP contribution in [0.15, 0.2) is 10.9 Å². The molecule has 0 spiro atoms. The molecule has 1 aliphatic heterocycles. The van der Waals surface area contributed by atoms with Gasteiger partial charge < -0.3 is 5.73 Å².